The van der Waals surface area contributed by atoms with Gasteiger partial charge in [-0.05, 0) is 81.9 Å². The Morgan fingerprint density at radius 3 is 1.63 bits per heavy atom. The van der Waals surface area contributed by atoms with Gasteiger partial charge in [0, 0.05) is 37.4 Å². The molecule has 0 spiro atoms. The molecule has 10 nitrogen and oxygen atoms in total. The molecular formula is C55H92O10S2. The molecule has 0 saturated carbocycles. The molecule has 4 rings (SSSR count). The van der Waals surface area contributed by atoms with E-state index in [0.29, 0.717) is 71.0 Å². The number of unbranched alkanes of at least 4 members (excludes halogenated alkanes) is 8. The van der Waals surface area contributed by atoms with Gasteiger partial charge < -0.3 is 47.7 Å². The lowest BCUT2D eigenvalue weighted by Gasteiger charge is -2.45. The summed E-state index contributed by atoms with van der Waals surface area (Å²) in [6, 6.07) is 8.57. The lowest BCUT2D eigenvalue weighted by molar-refractivity contribution is -0.259. The number of ether oxygens (including phenoxy) is 9. The van der Waals surface area contributed by atoms with Crippen molar-refractivity contribution in [2.45, 2.75) is 206 Å². The number of aliphatic hydroxyl groups excluding tert-OH is 1. The minimum absolute atomic E-state index is 0.318. The lowest BCUT2D eigenvalue weighted by atomic mass is 9.87. The Kier molecular flexibility index (Phi) is 28.8. The zero-order chi connectivity index (χ0) is 48.1. The third-order valence-electron chi connectivity index (χ3n) is 12.4. The Balaban J connectivity index is 1.95. The van der Waals surface area contributed by atoms with Crippen LogP contribution in [0.2, 0.25) is 0 Å². The van der Waals surface area contributed by atoms with Crippen molar-refractivity contribution in [3.05, 3.63) is 41.0 Å². The minimum Gasteiger partial charge on any atom is -0.493 e. The van der Waals surface area contributed by atoms with Crippen molar-refractivity contribution in [2.75, 3.05) is 71.0 Å². The van der Waals surface area contributed by atoms with Gasteiger partial charge in [0.05, 0.1) is 54.8 Å². The van der Waals surface area contributed by atoms with Crippen LogP contribution >= 0.6 is 23.5 Å². The van der Waals surface area contributed by atoms with Crippen LogP contribution < -0.4 is 23.7 Å². The zero-order valence-corrected chi connectivity index (χ0v) is 44.8. The van der Waals surface area contributed by atoms with Crippen LogP contribution in [0.4, 0.5) is 0 Å². The molecule has 2 aliphatic rings. The van der Waals surface area contributed by atoms with E-state index in [9.17, 15) is 5.11 Å². The summed E-state index contributed by atoms with van der Waals surface area (Å²) in [4.78, 5) is 0. The topological polar surface area (TPSA) is 103 Å². The smallest absolute Gasteiger partial charge is 0.161 e. The molecule has 1 N–H and O–H groups in total. The average Bonchev–Trinajstić information content (AvgIpc) is 3.82. The molecule has 0 amide bonds. The van der Waals surface area contributed by atoms with Crippen LogP contribution in [-0.4, -0.2) is 100 Å². The highest BCUT2D eigenvalue weighted by molar-refractivity contribution is 8.20. The Morgan fingerprint density at radius 2 is 1.04 bits per heavy atom. The van der Waals surface area contributed by atoms with Gasteiger partial charge in [-0.2, -0.15) is 0 Å². The average molecular weight is 977 g/mol. The molecule has 5 unspecified atom stereocenters. The summed E-state index contributed by atoms with van der Waals surface area (Å²) < 4.78 is 60.1. The standard InChI is InChI=1S/C55H92O10S2/c1-9-17-29-57-41-47-51(62-34-22-14-6)54(64-36-24-16-8)50(56)53(65-47)48-45(60-32-20-12-4)40-46(61-33-21-13-5)49(52(48)63-35-23-15-7)55(66-37-38-67-55)28-27-42-25-26-43(58-30-18-10-2)44(39-42)59-31-19-11-3/h25-26,39-40,47,50-51,53-54,56H,9-24,27-38,41H2,1-8H3. The van der Waals surface area contributed by atoms with Crippen LogP contribution in [0.5, 0.6) is 28.7 Å². The molecule has 2 saturated heterocycles. The van der Waals surface area contributed by atoms with Gasteiger partial charge in [0.2, 0.25) is 0 Å². The largest absolute Gasteiger partial charge is 0.493 e. The van der Waals surface area contributed by atoms with Crippen LogP contribution in [0.3, 0.4) is 0 Å². The van der Waals surface area contributed by atoms with Gasteiger partial charge in [0.25, 0.3) is 0 Å². The van der Waals surface area contributed by atoms with Crippen molar-refractivity contribution < 1.29 is 47.7 Å². The van der Waals surface area contributed by atoms with Gasteiger partial charge >= 0.3 is 0 Å². The fourth-order valence-corrected chi connectivity index (χ4v) is 11.6. The Bertz CT molecular complexity index is 1610. The monoisotopic (exact) mass is 977 g/mol. The Labute approximate surface area is 415 Å². The van der Waals surface area contributed by atoms with E-state index in [2.05, 4.69) is 79.7 Å². The maximum atomic E-state index is 12.9. The summed E-state index contributed by atoms with van der Waals surface area (Å²) in [7, 11) is 0. The van der Waals surface area contributed by atoms with E-state index in [1.807, 2.05) is 23.5 Å². The van der Waals surface area contributed by atoms with Crippen LogP contribution in [-0.2, 0) is 29.4 Å². The fourth-order valence-electron chi connectivity index (χ4n) is 8.25. The predicted octanol–water partition coefficient (Wildman–Crippen LogP) is 13.8. The van der Waals surface area contributed by atoms with Crippen molar-refractivity contribution >= 4 is 23.5 Å². The molecular weight excluding hydrogens is 885 g/mol. The van der Waals surface area contributed by atoms with Crippen LogP contribution in [0.25, 0.3) is 0 Å². The molecule has 2 aromatic carbocycles. The maximum Gasteiger partial charge on any atom is 0.161 e. The molecule has 2 heterocycles. The van der Waals surface area contributed by atoms with Crippen molar-refractivity contribution in [1.29, 1.82) is 0 Å². The Morgan fingerprint density at radius 1 is 0.552 bits per heavy atom. The van der Waals surface area contributed by atoms with E-state index in [1.165, 1.54) is 5.56 Å². The minimum atomic E-state index is -1.08. The highest BCUT2D eigenvalue weighted by atomic mass is 32.2. The molecule has 5 atom stereocenters. The van der Waals surface area contributed by atoms with Gasteiger partial charge in [0.15, 0.2) is 11.5 Å². The van der Waals surface area contributed by atoms with E-state index in [0.717, 1.165) is 155 Å². The van der Waals surface area contributed by atoms with E-state index in [-0.39, 0.29) is 0 Å². The Hall–Kier alpha value is -2.06. The molecule has 2 fully saturated rings. The van der Waals surface area contributed by atoms with Gasteiger partial charge in [-0.25, -0.2) is 0 Å². The zero-order valence-electron chi connectivity index (χ0n) is 43.1. The highest BCUT2D eigenvalue weighted by Crippen LogP contribution is 2.62. The number of aliphatic hydroxyl groups is 1. The molecule has 384 valence electrons. The maximum absolute atomic E-state index is 12.9. The predicted molar refractivity (Wildman–Crippen MR) is 278 cm³/mol. The SMILES string of the molecule is CCCCOCC1OC(c2c(OCCCC)cc(OCCCC)c(C3(CCc4ccc(OCCCC)c(OCCCC)c4)SCCS3)c2OCCCC)C(O)C(OCCCC)C1OCCCC. The van der Waals surface area contributed by atoms with Crippen molar-refractivity contribution in [3.63, 3.8) is 0 Å². The number of thioether (sulfide) groups is 2. The number of aryl methyl sites for hydroxylation is 1. The normalized spacial score (nSPS) is 20.3. The first kappa shape index (κ1) is 57.5. The highest BCUT2D eigenvalue weighted by Gasteiger charge is 2.51. The van der Waals surface area contributed by atoms with Crippen LogP contribution in [0.15, 0.2) is 24.3 Å². The summed E-state index contributed by atoms with van der Waals surface area (Å²) in [5.74, 6) is 5.69. The van der Waals surface area contributed by atoms with Gasteiger partial charge in [-0.1, -0.05) is 113 Å². The second-order valence-corrected chi connectivity index (χ2v) is 21.2. The fraction of sp³-hybridized carbons (Fsp3) is 0.782. The summed E-state index contributed by atoms with van der Waals surface area (Å²) in [5.41, 5.74) is 2.93. The quantitative estimate of drug-likeness (QED) is 0.0648. The van der Waals surface area contributed by atoms with E-state index < -0.39 is 34.6 Å². The number of benzene rings is 2. The lowest BCUT2D eigenvalue weighted by Crippen LogP contribution is -2.58. The van der Waals surface area contributed by atoms with Crippen molar-refractivity contribution in [2.24, 2.45) is 0 Å². The molecule has 0 aliphatic carbocycles. The van der Waals surface area contributed by atoms with E-state index >= 15 is 0 Å². The summed E-state index contributed by atoms with van der Waals surface area (Å²) in [6.07, 6.45) is 13.4. The van der Waals surface area contributed by atoms with Crippen molar-refractivity contribution in [3.8, 4) is 28.7 Å². The molecule has 0 aromatic heterocycles. The first-order valence-electron chi connectivity index (χ1n) is 26.8. The molecule has 2 aliphatic heterocycles. The van der Waals surface area contributed by atoms with Gasteiger partial charge in [0.1, 0.15) is 47.8 Å². The van der Waals surface area contributed by atoms with Crippen LogP contribution in [0.1, 0.15) is 187 Å². The second kappa shape index (κ2) is 33.5. The summed E-state index contributed by atoms with van der Waals surface area (Å²) in [5, 5.41) is 12.9. The molecule has 0 bridgehead atoms. The van der Waals surface area contributed by atoms with Crippen LogP contribution in [0, 0.1) is 0 Å². The first-order chi connectivity index (χ1) is 32.9. The van der Waals surface area contributed by atoms with Gasteiger partial charge in [-0.3, -0.25) is 0 Å². The van der Waals surface area contributed by atoms with Gasteiger partial charge in [-0.15, -0.1) is 23.5 Å². The molecule has 2 aromatic rings. The summed E-state index contributed by atoms with van der Waals surface area (Å²) >= 11 is 3.94. The molecule has 12 heteroatoms. The molecule has 67 heavy (non-hydrogen) atoms. The third kappa shape index (κ3) is 17.9. The van der Waals surface area contributed by atoms with Crippen molar-refractivity contribution in [1.82, 2.24) is 0 Å². The number of hydrogen-bond donors (Lipinski definition) is 1. The summed E-state index contributed by atoms with van der Waals surface area (Å²) in [6.45, 7) is 22.3. The first-order valence-corrected chi connectivity index (χ1v) is 28.7. The second-order valence-electron chi connectivity index (χ2n) is 18.1. The molecule has 0 radical (unpaired) electrons. The van der Waals surface area contributed by atoms with E-state index in [1.54, 1.807) is 0 Å². The van der Waals surface area contributed by atoms with E-state index in [4.69, 9.17) is 42.6 Å². The number of hydrogen-bond acceptors (Lipinski definition) is 12. The third-order valence-corrected chi connectivity index (χ3v) is 15.9. The number of rotatable bonds is 38.